The molecule has 5 aliphatic rings. The van der Waals surface area contributed by atoms with E-state index in [1.54, 1.807) is 12.1 Å². The predicted molar refractivity (Wildman–Crippen MR) is 171 cm³/mol. The number of nitrogens with zero attached hydrogens (tertiary/aromatic N) is 2. The highest BCUT2D eigenvalue weighted by Crippen LogP contribution is 2.69. The maximum absolute atomic E-state index is 14.2. The molecule has 1 aromatic heterocycles. The highest BCUT2D eigenvalue weighted by atomic mass is 32.2. The van der Waals surface area contributed by atoms with Gasteiger partial charge in [-0.15, -0.1) is 0 Å². The van der Waals surface area contributed by atoms with Gasteiger partial charge in [-0.2, -0.15) is 5.10 Å². The minimum atomic E-state index is -1.23. The van der Waals surface area contributed by atoms with E-state index in [0.29, 0.717) is 44.6 Å². The molecule has 2 aromatic rings. The largest absolute Gasteiger partial charge is 0.449 e. The second-order valence-electron chi connectivity index (χ2n) is 14.5. The van der Waals surface area contributed by atoms with Crippen molar-refractivity contribution in [1.29, 1.82) is 0 Å². The number of esters is 1. The van der Waals surface area contributed by atoms with Gasteiger partial charge in [-0.1, -0.05) is 38.1 Å². The molecule has 9 heteroatoms. The van der Waals surface area contributed by atoms with Crippen molar-refractivity contribution in [2.45, 2.75) is 90.3 Å². The monoisotopic (exact) mass is 636 g/mol. The van der Waals surface area contributed by atoms with Crippen LogP contribution < -0.4 is 0 Å². The summed E-state index contributed by atoms with van der Waals surface area (Å²) < 4.78 is 27.5. The number of rotatable bonds is 6. The fraction of sp³-hybridized carbons (Fsp3) is 0.639. The smallest absolute Gasteiger partial charge is 0.310 e. The number of carbonyl (C=O) groups excluding carboxylic acids is 2. The Morgan fingerprint density at radius 2 is 1.91 bits per heavy atom. The Hall–Kier alpha value is -2.49. The Labute approximate surface area is 269 Å². The highest BCUT2D eigenvalue weighted by Gasteiger charge is 2.70. The van der Waals surface area contributed by atoms with Crippen LogP contribution in [0.5, 0.6) is 0 Å². The number of hydrogen-bond acceptors (Lipinski definition) is 7. The van der Waals surface area contributed by atoms with Crippen LogP contribution in [0.4, 0.5) is 4.39 Å². The van der Waals surface area contributed by atoms with Gasteiger partial charge in [0, 0.05) is 24.4 Å². The van der Waals surface area contributed by atoms with Crippen molar-refractivity contribution in [2.24, 2.45) is 34.5 Å². The van der Waals surface area contributed by atoms with Gasteiger partial charge in [0.2, 0.25) is 5.12 Å². The zero-order valence-electron chi connectivity index (χ0n) is 26.6. The molecule has 5 unspecified atom stereocenters. The van der Waals surface area contributed by atoms with Gasteiger partial charge in [-0.3, -0.25) is 9.59 Å². The summed E-state index contributed by atoms with van der Waals surface area (Å²) in [6.07, 6.45) is 9.98. The van der Waals surface area contributed by atoms with Gasteiger partial charge < -0.3 is 14.6 Å². The third kappa shape index (κ3) is 4.86. The van der Waals surface area contributed by atoms with E-state index in [9.17, 15) is 19.1 Å². The SMILES string of the molecule is CCCSC(=O)C1(OC(=O)C2CCOCC2)CC[C@H]2C3CCC4=Cc5c(cnn5-c5ccc(F)cc5)CC4(C)[C@H]3C(O)CC21C. The van der Waals surface area contributed by atoms with Crippen molar-refractivity contribution >= 4 is 28.9 Å². The topological polar surface area (TPSA) is 90.7 Å². The highest BCUT2D eigenvalue weighted by molar-refractivity contribution is 8.13. The first-order valence-corrected chi connectivity index (χ1v) is 17.8. The Morgan fingerprint density at radius 1 is 1.16 bits per heavy atom. The molecule has 7 rings (SSSR count). The molecule has 3 saturated carbocycles. The van der Waals surface area contributed by atoms with Gasteiger partial charge in [0.15, 0.2) is 5.60 Å². The number of hydrogen-bond donors (Lipinski definition) is 1. The average Bonchev–Trinajstić information content (AvgIpc) is 3.56. The molecular formula is C36H45FN2O5S. The number of halogens is 1. The third-order valence-electron chi connectivity index (χ3n) is 12.2. The zero-order chi connectivity index (χ0) is 31.6. The quantitative estimate of drug-likeness (QED) is 0.360. The Balaban J connectivity index is 1.20. The second kappa shape index (κ2) is 11.6. The van der Waals surface area contributed by atoms with Gasteiger partial charge in [-0.05, 0) is 117 Å². The number of carbonyl (C=O) groups is 2. The Bertz CT molecular complexity index is 1500. The number of aromatic nitrogens is 2. The van der Waals surface area contributed by atoms with Gasteiger partial charge in [0.05, 0.1) is 29.6 Å². The van der Waals surface area contributed by atoms with Crippen LogP contribution in [0.3, 0.4) is 0 Å². The molecule has 7 nitrogen and oxygen atoms in total. The summed E-state index contributed by atoms with van der Waals surface area (Å²) in [5.41, 5.74) is 2.18. The summed E-state index contributed by atoms with van der Waals surface area (Å²) in [4.78, 5) is 27.8. The fourth-order valence-corrected chi connectivity index (χ4v) is 11.0. The van der Waals surface area contributed by atoms with Crippen LogP contribution in [-0.4, -0.2) is 56.6 Å². The standard InChI is InChI=1S/C36H45FN2O5S/c1-4-17-45-33(42)36(44-32(41)22-12-15-43-16-13-22)14-11-28-27-10-5-24-18-29-23(21-38-39(29)26-8-6-25(37)7-9-26)19-34(24,2)31(27)30(40)20-35(28,36)3/h6-9,18,21-22,27-28,30-31,40H,4-5,10-17,19-20H2,1-3H3/t27?,28-,30?,31+,34?,35?,36?/m0/s1. The zero-order valence-corrected chi connectivity index (χ0v) is 27.4. The van der Waals surface area contributed by atoms with Crippen molar-refractivity contribution in [3.05, 3.63) is 53.1 Å². The summed E-state index contributed by atoms with van der Waals surface area (Å²) in [6.45, 7) is 7.56. The maximum Gasteiger partial charge on any atom is 0.310 e. The van der Waals surface area contributed by atoms with Gasteiger partial charge in [-0.25, -0.2) is 9.07 Å². The summed E-state index contributed by atoms with van der Waals surface area (Å²) in [7, 11) is 0. The van der Waals surface area contributed by atoms with E-state index in [1.807, 2.05) is 10.9 Å². The summed E-state index contributed by atoms with van der Waals surface area (Å²) in [6, 6.07) is 6.41. The summed E-state index contributed by atoms with van der Waals surface area (Å²) in [5, 5.41) is 16.8. The average molecular weight is 637 g/mol. The molecule has 0 bridgehead atoms. The molecule has 1 aliphatic heterocycles. The number of aliphatic hydroxyl groups excluding tert-OH is 1. The number of ether oxygens (including phenoxy) is 2. The van der Waals surface area contributed by atoms with Gasteiger partial charge in [0.25, 0.3) is 0 Å². The van der Waals surface area contributed by atoms with E-state index in [2.05, 4.69) is 26.8 Å². The van der Waals surface area contributed by atoms with E-state index in [4.69, 9.17) is 14.6 Å². The Morgan fingerprint density at radius 3 is 2.64 bits per heavy atom. The lowest BCUT2D eigenvalue weighted by Crippen LogP contribution is -2.62. The molecule has 45 heavy (non-hydrogen) atoms. The molecular weight excluding hydrogens is 591 g/mol. The number of allylic oxidation sites excluding steroid dienone is 1. The Kier molecular flexibility index (Phi) is 8.05. The van der Waals surface area contributed by atoms with Crippen LogP contribution in [0, 0.1) is 40.3 Å². The van der Waals surface area contributed by atoms with Crippen molar-refractivity contribution in [1.82, 2.24) is 9.78 Å². The van der Waals surface area contributed by atoms with Crippen LogP contribution in [0.25, 0.3) is 11.8 Å². The molecule has 1 saturated heterocycles. The van der Waals surface area contributed by atoms with Crippen LogP contribution in [0.1, 0.15) is 83.4 Å². The van der Waals surface area contributed by atoms with E-state index in [0.717, 1.165) is 49.0 Å². The van der Waals surface area contributed by atoms with E-state index in [1.165, 1.54) is 29.5 Å². The molecule has 2 heterocycles. The van der Waals surface area contributed by atoms with Crippen molar-refractivity contribution in [2.75, 3.05) is 19.0 Å². The van der Waals surface area contributed by atoms with Crippen molar-refractivity contribution < 1.29 is 28.6 Å². The minimum Gasteiger partial charge on any atom is -0.449 e. The van der Waals surface area contributed by atoms with Crippen molar-refractivity contribution in [3.8, 4) is 5.69 Å². The number of thioether (sulfide) groups is 1. The summed E-state index contributed by atoms with van der Waals surface area (Å²) in [5.74, 6) is 0.285. The van der Waals surface area contributed by atoms with E-state index < -0.39 is 17.1 Å². The molecule has 1 aromatic carbocycles. The third-order valence-corrected chi connectivity index (χ3v) is 13.4. The molecule has 1 N–H and O–H groups in total. The molecule has 4 aliphatic carbocycles. The first-order chi connectivity index (χ1) is 21.6. The molecule has 7 atom stereocenters. The number of aliphatic hydroxyl groups is 1. The minimum absolute atomic E-state index is 0.0262. The van der Waals surface area contributed by atoms with Crippen LogP contribution >= 0.6 is 11.8 Å². The first kappa shape index (κ1) is 31.1. The normalized spacial score (nSPS) is 35.9. The number of benzene rings is 1. The lowest BCUT2D eigenvalue weighted by molar-refractivity contribution is -0.200. The van der Waals surface area contributed by atoms with Crippen LogP contribution in [0.15, 0.2) is 36.0 Å². The molecule has 4 fully saturated rings. The van der Waals surface area contributed by atoms with Crippen LogP contribution in [0.2, 0.25) is 0 Å². The molecule has 242 valence electrons. The lowest BCUT2D eigenvalue weighted by atomic mass is 9.45. The first-order valence-electron chi connectivity index (χ1n) is 16.8. The van der Waals surface area contributed by atoms with E-state index in [-0.39, 0.29) is 46.0 Å². The lowest BCUT2D eigenvalue weighted by Gasteiger charge is -2.60. The second-order valence-corrected chi connectivity index (χ2v) is 15.6. The molecule has 0 radical (unpaired) electrons. The summed E-state index contributed by atoms with van der Waals surface area (Å²) >= 11 is 1.30. The number of fused-ring (bicyclic) bond motifs is 6. The van der Waals surface area contributed by atoms with Crippen molar-refractivity contribution in [3.63, 3.8) is 0 Å². The van der Waals surface area contributed by atoms with Gasteiger partial charge in [0.1, 0.15) is 5.82 Å². The predicted octanol–water partition coefficient (Wildman–Crippen LogP) is 6.54. The molecule has 0 spiro atoms. The van der Waals surface area contributed by atoms with Crippen LogP contribution in [-0.2, 0) is 25.5 Å². The van der Waals surface area contributed by atoms with Gasteiger partial charge >= 0.3 is 5.97 Å². The molecule has 0 amide bonds. The fourth-order valence-electron chi connectivity index (χ4n) is 10.0. The van der Waals surface area contributed by atoms with E-state index >= 15 is 0 Å². The maximum atomic E-state index is 14.2.